The summed E-state index contributed by atoms with van der Waals surface area (Å²) < 4.78 is 0. The Balaban J connectivity index is 1.58. The van der Waals surface area contributed by atoms with Gasteiger partial charge in [0, 0.05) is 61.9 Å². The monoisotopic (exact) mass is 307 g/mol. The van der Waals surface area contributed by atoms with Gasteiger partial charge in [-0.25, -0.2) is 9.97 Å². The first-order chi connectivity index (χ1) is 11.2. The van der Waals surface area contributed by atoms with Gasteiger partial charge in [0.15, 0.2) is 0 Å². The van der Waals surface area contributed by atoms with Crippen LogP contribution >= 0.6 is 0 Å². The molecule has 2 aromatic rings. The molecule has 1 N–H and O–H groups in total. The molecule has 1 saturated heterocycles. The minimum Gasteiger partial charge on any atom is -0.381 e. The number of nitrogens with zero attached hydrogens (tertiary/aromatic N) is 4. The van der Waals surface area contributed by atoms with Crippen LogP contribution in [0.4, 0.5) is 11.6 Å². The van der Waals surface area contributed by atoms with Crippen LogP contribution in [0.5, 0.6) is 0 Å². The number of likely N-dealkylation sites (N-methyl/N-ethyl adjacent to an activating group) is 1. The average molecular weight is 307 g/mol. The van der Waals surface area contributed by atoms with Crippen molar-refractivity contribution in [2.24, 2.45) is 0 Å². The molecular formula is C18H21N5. The zero-order valence-corrected chi connectivity index (χ0v) is 13.4. The highest BCUT2D eigenvalue weighted by Gasteiger charge is 2.15. The lowest BCUT2D eigenvalue weighted by molar-refractivity contribution is 0.311. The molecule has 2 heterocycles. The van der Waals surface area contributed by atoms with Crippen LogP contribution < -0.4 is 10.2 Å². The van der Waals surface area contributed by atoms with Crippen LogP contribution in [-0.4, -0.2) is 48.1 Å². The Morgan fingerprint density at radius 1 is 1.17 bits per heavy atom. The third-order valence-electron chi connectivity index (χ3n) is 4.00. The van der Waals surface area contributed by atoms with E-state index >= 15 is 0 Å². The van der Waals surface area contributed by atoms with E-state index in [1.54, 1.807) is 0 Å². The molecule has 3 rings (SSSR count). The SMILES string of the molecule is C#Cc1cccc(NCc2cnc(N3CCN(C)CC3)nc2)c1. The Labute approximate surface area is 137 Å². The van der Waals surface area contributed by atoms with Gasteiger partial charge in [0.1, 0.15) is 0 Å². The molecule has 0 spiro atoms. The molecule has 5 heteroatoms. The lowest BCUT2D eigenvalue weighted by Gasteiger charge is -2.32. The standard InChI is InChI=1S/C18H21N5/c1-3-15-5-4-6-17(11-15)19-12-16-13-20-18(21-14-16)23-9-7-22(2)8-10-23/h1,4-6,11,13-14,19H,7-10,12H2,2H3. The number of hydrogen-bond donors (Lipinski definition) is 1. The number of piperazine rings is 1. The second kappa shape index (κ2) is 7.12. The Hall–Kier alpha value is -2.58. The van der Waals surface area contributed by atoms with Crippen molar-refractivity contribution in [1.82, 2.24) is 14.9 Å². The van der Waals surface area contributed by atoms with E-state index in [0.29, 0.717) is 6.54 Å². The predicted molar refractivity (Wildman–Crippen MR) is 93.4 cm³/mol. The maximum atomic E-state index is 5.42. The topological polar surface area (TPSA) is 44.3 Å². The summed E-state index contributed by atoms with van der Waals surface area (Å²) in [4.78, 5) is 13.5. The van der Waals surface area contributed by atoms with Gasteiger partial charge in [0.2, 0.25) is 5.95 Å². The lowest BCUT2D eigenvalue weighted by atomic mass is 10.2. The first-order valence-corrected chi connectivity index (χ1v) is 7.79. The van der Waals surface area contributed by atoms with Gasteiger partial charge in [-0.1, -0.05) is 12.0 Å². The molecule has 0 bridgehead atoms. The Kier molecular flexibility index (Phi) is 4.74. The summed E-state index contributed by atoms with van der Waals surface area (Å²) in [5.74, 6) is 3.45. The molecule has 5 nitrogen and oxygen atoms in total. The largest absolute Gasteiger partial charge is 0.381 e. The summed E-state index contributed by atoms with van der Waals surface area (Å²) >= 11 is 0. The zero-order valence-electron chi connectivity index (χ0n) is 13.4. The summed E-state index contributed by atoms with van der Waals surface area (Å²) in [6.07, 6.45) is 9.19. The van der Waals surface area contributed by atoms with Gasteiger partial charge >= 0.3 is 0 Å². The predicted octanol–water partition coefficient (Wildman–Crippen LogP) is 1.82. The Morgan fingerprint density at radius 2 is 1.91 bits per heavy atom. The van der Waals surface area contributed by atoms with E-state index in [1.807, 2.05) is 36.7 Å². The molecule has 0 aliphatic carbocycles. The fourth-order valence-electron chi connectivity index (χ4n) is 2.53. The van der Waals surface area contributed by atoms with E-state index in [4.69, 9.17) is 6.42 Å². The summed E-state index contributed by atoms with van der Waals surface area (Å²) in [7, 11) is 2.14. The van der Waals surface area contributed by atoms with Crippen molar-refractivity contribution < 1.29 is 0 Å². The number of terminal acetylenes is 1. The van der Waals surface area contributed by atoms with Gasteiger partial charge in [0.25, 0.3) is 0 Å². The summed E-state index contributed by atoms with van der Waals surface area (Å²) in [5.41, 5.74) is 2.93. The molecule has 0 amide bonds. The fourth-order valence-corrected chi connectivity index (χ4v) is 2.53. The van der Waals surface area contributed by atoms with Crippen molar-refractivity contribution in [2.45, 2.75) is 6.54 Å². The Bertz CT molecular complexity index is 681. The summed E-state index contributed by atoms with van der Waals surface area (Å²) in [6.45, 7) is 4.74. The molecule has 0 atom stereocenters. The smallest absolute Gasteiger partial charge is 0.225 e. The normalized spacial score (nSPS) is 15.2. The number of aromatic nitrogens is 2. The van der Waals surface area contributed by atoms with Crippen molar-refractivity contribution in [3.8, 4) is 12.3 Å². The van der Waals surface area contributed by atoms with E-state index < -0.39 is 0 Å². The van der Waals surface area contributed by atoms with E-state index in [-0.39, 0.29) is 0 Å². The van der Waals surface area contributed by atoms with Gasteiger partial charge in [-0.2, -0.15) is 0 Å². The van der Waals surface area contributed by atoms with Gasteiger partial charge in [-0.3, -0.25) is 0 Å². The average Bonchev–Trinajstić information content (AvgIpc) is 2.61. The molecule has 1 aromatic carbocycles. The van der Waals surface area contributed by atoms with E-state index in [1.165, 1.54) is 0 Å². The van der Waals surface area contributed by atoms with Gasteiger partial charge in [-0.15, -0.1) is 6.42 Å². The van der Waals surface area contributed by atoms with E-state index in [9.17, 15) is 0 Å². The lowest BCUT2D eigenvalue weighted by Crippen LogP contribution is -2.45. The summed E-state index contributed by atoms with van der Waals surface area (Å²) in [6, 6.07) is 7.82. The van der Waals surface area contributed by atoms with Crippen LogP contribution in [0.1, 0.15) is 11.1 Å². The summed E-state index contributed by atoms with van der Waals surface area (Å²) in [5, 5.41) is 3.34. The number of nitrogens with one attached hydrogen (secondary N) is 1. The first-order valence-electron chi connectivity index (χ1n) is 7.79. The van der Waals surface area contributed by atoms with E-state index in [0.717, 1.165) is 48.9 Å². The van der Waals surface area contributed by atoms with Crippen molar-refractivity contribution in [3.05, 3.63) is 47.8 Å². The highest BCUT2D eigenvalue weighted by molar-refractivity contribution is 5.50. The van der Waals surface area contributed by atoms with Gasteiger partial charge in [0.05, 0.1) is 0 Å². The molecule has 23 heavy (non-hydrogen) atoms. The van der Waals surface area contributed by atoms with Crippen LogP contribution in [0.15, 0.2) is 36.7 Å². The molecule has 1 aliphatic rings. The molecule has 0 saturated carbocycles. The fraction of sp³-hybridized carbons (Fsp3) is 0.333. The second-order valence-electron chi connectivity index (χ2n) is 5.76. The molecule has 1 aliphatic heterocycles. The number of hydrogen-bond acceptors (Lipinski definition) is 5. The highest BCUT2D eigenvalue weighted by Crippen LogP contribution is 2.13. The van der Waals surface area contributed by atoms with Crippen LogP contribution in [0.25, 0.3) is 0 Å². The minimum absolute atomic E-state index is 0.678. The minimum atomic E-state index is 0.678. The molecule has 0 unspecified atom stereocenters. The number of rotatable bonds is 4. The third kappa shape index (κ3) is 3.99. The van der Waals surface area contributed by atoms with Crippen LogP contribution in [0.2, 0.25) is 0 Å². The number of anilines is 2. The van der Waals surface area contributed by atoms with Gasteiger partial charge in [-0.05, 0) is 25.2 Å². The third-order valence-corrected chi connectivity index (χ3v) is 4.00. The second-order valence-corrected chi connectivity index (χ2v) is 5.76. The zero-order chi connectivity index (χ0) is 16.1. The highest BCUT2D eigenvalue weighted by atomic mass is 15.3. The molecule has 1 fully saturated rings. The molecule has 0 radical (unpaired) electrons. The van der Waals surface area contributed by atoms with Crippen LogP contribution in [-0.2, 0) is 6.54 Å². The maximum Gasteiger partial charge on any atom is 0.225 e. The first kappa shape index (κ1) is 15.3. The molecule has 118 valence electrons. The molecule has 1 aromatic heterocycles. The van der Waals surface area contributed by atoms with Crippen molar-refractivity contribution in [1.29, 1.82) is 0 Å². The van der Waals surface area contributed by atoms with Gasteiger partial charge < -0.3 is 15.1 Å². The Morgan fingerprint density at radius 3 is 2.61 bits per heavy atom. The van der Waals surface area contributed by atoms with E-state index in [2.05, 4.69) is 38.1 Å². The van der Waals surface area contributed by atoms with Crippen LogP contribution in [0.3, 0.4) is 0 Å². The quantitative estimate of drug-likeness (QED) is 0.873. The molecular weight excluding hydrogens is 286 g/mol. The van der Waals surface area contributed by atoms with Crippen LogP contribution in [0, 0.1) is 12.3 Å². The number of benzene rings is 1. The van der Waals surface area contributed by atoms with Crippen molar-refractivity contribution in [3.63, 3.8) is 0 Å². The van der Waals surface area contributed by atoms with Crippen molar-refractivity contribution in [2.75, 3.05) is 43.4 Å². The van der Waals surface area contributed by atoms with Crippen molar-refractivity contribution >= 4 is 11.6 Å². The maximum absolute atomic E-state index is 5.42.